The zero-order valence-corrected chi connectivity index (χ0v) is 17.7. The average molecular weight is 451 g/mol. The molecule has 1 aliphatic rings. The molecule has 9 nitrogen and oxygen atoms in total. The SMILES string of the molecule is COc1ccc(-c2nc(COC(=O)CN3c4cccc5cccc(c45)S3(=O)=O)no2)cc1. The van der Waals surface area contributed by atoms with Crippen LogP contribution in [0.4, 0.5) is 5.69 Å². The van der Waals surface area contributed by atoms with Gasteiger partial charge in [-0.15, -0.1) is 0 Å². The molecule has 0 saturated heterocycles. The van der Waals surface area contributed by atoms with E-state index in [-0.39, 0.29) is 23.2 Å². The summed E-state index contributed by atoms with van der Waals surface area (Å²) in [4.78, 5) is 16.8. The van der Waals surface area contributed by atoms with Crippen LogP contribution in [0.3, 0.4) is 0 Å². The Balaban J connectivity index is 1.28. The van der Waals surface area contributed by atoms with Gasteiger partial charge in [0.25, 0.3) is 15.9 Å². The predicted octanol–water partition coefficient (Wildman–Crippen LogP) is 3.15. The first-order valence-electron chi connectivity index (χ1n) is 9.64. The van der Waals surface area contributed by atoms with Gasteiger partial charge >= 0.3 is 5.97 Å². The summed E-state index contributed by atoms with van der Waals surface area (Å²) in [6, 6.07) is 17.3. The summed E-state index contributed by atoms with van der Waals surface area (Å²) in [5, 5.41) is 5.20. The van der Waals surface area contributed by atoms with E-state index in [1.807, 2.05) is 12.1 Å². The van der Waals surface area contributed by atoms with Gasteiger partial charge in [-0.1, -0.05) is 29.4 Å². The molecule has 5 rings (SSSR count). The molecule has 0 spiro atoms. The number of aromatic nitrogens is 2. The van der Waals surface area contributed by atoms with E-state index in [1.54, 1.807) is 49.6 Å². The first-order chi connectivity index (χ1) is 15.5. The van der Waals surface area contributed by atoms with E-state index in [4.69, 9.17) is 14.0 Å². The molecule has 0 saturated carbocycles. The van der Waals surface area contributed by atoms with Gasteiger partial charge in [-0.2, -0.15) is 4.98 Å². The lowest BCUT2D eigenvalue weighted by Gasteiger charge is -2.17. The van der Waals surface area contributed by atoms with Crippen LogP contribution >= 0.6 is 0 Å². The molecule has 0 fully saturated rings. The second kappa shape index (κ2) is 7.65. The van der Waals surface area contributed by atoms with Crippen LogP contribution in [0, 0.1) is 0 Å². The fourth-order valence-electron chi connectivity index (χ4n) is 3.60. The van der Waals surface area contributed by atoms with Gasteiger partial charge < -0.3 is 14.0 Å². The number of rotatable bonds is 6. The van der Waals surface area contributed by atoms with Crippen LogP contribution in [0.25, 0.3) is 22.2 Å². The van der Waals surface area contributed by atoms with E-state index in [2.05, 4.69) is 10.1 Å². The third-order valence-corrected chi connectivity index (χ3v) is 6.92. The zero-order chi connectivity index (χ0) is 22.3. The van der Waals surface area contributed by atoms with E-state index >= 15 is 0 Å². The smallest absolute Gasteiger partial charge is 0.327 e. The van der Waals surface area contributed by atoms with Crippen molar-refractivity contribution in [3.05, 3.63) is 66.5 Å². The van der Waals surface area contributed by atoms with E-state index < -0.39 is 22.5 Å². The van der Waals surface area contributed by atoms with E-state index in [9.17, 15) is 13.2 Å². The Bertz CT molecular complexity index is 1420. The van der Waals surface area contributed by atoms with Gasteiger partial charge in [-0.3, -0.25) is 9.10 Å². The van der Waals surface area contributed by atoms with Crippen LogP contribution in [0.15, 0.2) is 70.1 Å². The minimum Gasteiger partial charge on any atom is -0.497 e. The highest BCUT2D eigenvalue weighted by Crippen LogP contribution is 2.41. The lowest BCUT2D eigenvalue weighted by Crippen LogP contribution is -2.33. The number of methoxy groups -OCH3 is 1. The molecule has 10 heteroatoms. The van der Waals surface area contributed by atoms with Crippen LogP contribution in [0.1, 0.15) is 5.82 Å². The van der Waals surface area contributed by atoms with Crippen molar-refractivity contribution in [2.75, 3.05) is 18.0 Å². The van der Waals surface area contributed by atoms with Crippen LogP contribution in [0.5, 0.6) is 5.75 Å². The summed E-state index contributed by atoms with van der Waals surface area (Å²) in [6.45, 7) is -0.706. The van der Waals surface area contributed by atoms with Gasteiger partial charge in [0.1, 0.15) is 12.3 Å². The van der Waals surface area contributed by atoms with E-state index in [0.29, 0.717) is 22.4 Å². The van der Waals surface area contributed by atoms with Gasteiger partial charge in [0.05, 0.1) is 17.7 Å². The highest BCUT2D eigenvalue weighted by molar-refractivity contribution is 7.93. The number of esters is 1. The highest BCUT2D eigenvalue weighted by Gasteiger charge is 2.37. The number of carbonyl (C=O) groups is 1. The zero-order valence-electron chi connectivity index (χ0n) is 16.9. The normalized spacial score (nSPS) is 14.0. The van der Waals surface area contributed by atoms with Gasteiger partial charge in [0.2, 0.25) is 5.82 Å². The van der Waals surface area contributed by atoms with Crippen molar-refractivity contribution in [2.24, 2.45) is 0 Å². The minimum absolute atomic E-state index is 0.166. The third kappa shape index (κ3) is 3.34. The Morgan fingerprint density at radius 1 is 1.06 bits per heavy atom. The van der Waals surface area contributed by atoms with Gasteiger partial charge in [0.15, 0.2) is 6.61 Å². The highest BCUT2D eigenvalue weighted by atomic mass is 32.2. The molecule has 4 aromatic rings. The topological polar surface area (TPSA) is 112 Å². The molecule has 0 aliphatic carbocycles. The summed E-state index contributed by atoms with van der Waals surface area (Å²) in [5.41, 5.74) is 1.14. The maximum Gasteiger partial charge on any atom is 0.327 e. The monoisotopic (exact) mass is 451 g/mol. The molecule has 32 heavy (non-hydrogen) atoms. The number of carbonyl (C=O) groups excluding carboxylic acids is 1. The van der Waals surface area contributed by atoms with Gasteiger partial charge in [-0.25, -0.2) is 8.42 Å². The Kier molecular flexibility index (Phi) is 4.78. The molecule has 0 atom stereocenters. The number of nitrogens with zero attached hydrogens (tertiary/aromatic N) is 3. The Labute approximate surface area is 183 Å². The molecule has 1 aromatic heterocycles. The Morgan fingerprint density at radius 3 is 2.56 bits per heavy atom. The number of sulfonamides is 1. The van der Waals surface area contributed by atoms with Gasteiger partial charge in [0, 0.05) is 10.9 Å². The van der Waals surface area contributed by atoms with E-state index in [0.717, 1.165) is 9.69 Å². The number of benzene rings is 3. The molecule has 0 amide bonds. The second-order valence-corrected chi connectivity index (χ2v) is 8.88. The van der Waals surface area contributed by atoms with E-state index in [1.165, 1.54) is 6.07 Å². The Hall–Kier alpha value is -3.92. The largest absolute Gasteiger partial charge is 0.497 e. The first-order valence-corrected chi connectivity index (χ1v) is 11.1. The minimum atomic E-state index is -3.84. The summed E-state index contributed by atoms with van der Waals surface area (Å²) >= 11 is 0. The van der Waals surface area contributed by atoms with Crippen LogP contribution < -0.4 is 9.04 Å². The van der Waals surface area contributed by atoms with Crippen molar-refractivity contribution < 1.29 is 27.2 Å². The molecule has 162 valence electrons. The number of hydrogen-bond acceptors (Lipinski definition) is 8. The maximum atomic E-state index is 13.0. The third-order valence-electron chi connectivity index (χ3n) is 5.12. The molecule has 3 aromatic carbocycles. The van der Waals surface area contributed by atoms with Crippen molar-refractivity contribution >= 4 is 32.5 Å². The van der Waals surface area contributed by atoms with Crippen molar-refractivity contribution in [2.45, 2.75) is 11.5 Å². The summed E-state index contributed by atoms with van der Waals surface area (Å²) in [6.07, 6.45) is 0. The van der Waals surface area contributed by atoms with Crippen LogP contribution in [0.2, 0.25) is 0 Å². The number of ether oxygens (including phenoxy) is 2. The number of anilines is 1. The molecule has 0 N–H and O–H groups in total. The number of hydrogen-bond donors (Lipinski definition) is 0. The predicted molar refractivity (Wildman–Crippen MR) is 115 cm³/mol. The molecular weight excluding hydrogens is 434 g/mol. The van der Waals surface area contributed by atoms with Crippen molar-refractivity contribution in [1.82, 2.24) is 10.1 Å². The molecule has 0 bridgehead atoms. The van der Waals surface area contributed by atoms with Crippen molar-refractivity contribution in [1.29, 1.82) is 0 Å². The molecular formula is C22H17N3O6S. The molecule has 0 unspecified atom stereocenters. The lowest BCUT2D eigenvalue weighted by molar-refractivity contribution is -0.143. The first kappa shape index (κ1) is 20.0. The second-order valence-electron chi connectivity index (χ2n) is 7.05. The lowest BCUT2D eigenvalue weighted by atomic mass is 10.1. The quantitative estimate of drug-likeness (QED) is 0.411. The molecule has 0 radical (unpaired) electrons. The van der Waals surface area contributed by atoms with Crippen molar-refractivity contribution in [3.63, 3.8) is 0 Å². The summed E-state index contributed by atoms with van der Waals surface area (Å²) in [7, 11) is -2.27. The van der Waals surface area contributed by atoms with Gasteiger partial charge in [-0.05, 0) is 41.8 Å². The Morgan fingerprint density at radius 2 is 1.81 bits per heavy atom. The standard InChI is InChI=1S/C22H17N3O6S/c1-29-16-10-8-15(9-11-16)22-23-19(24-31-22)13-30-20(26)12-25-17-6-2-4-14-5-3-7-18(21(14)17)32(25,27)28/h2-11H,12-13H2,1H3. The average Bonchev–Trinajstić information content (AvgIpc) is 3.37. The summed E-state index contributed by atoms with van der Waals surface area (Å²) < 4.78 is 42.5. The molecule has 2 heterocycles. The van der Waals surface area contributed by atoms with Crippen LogP contribution in [-0.2, 0) is 26.2 Å². The van der Waals surface area contributed by atoms with Crippen molar-refractivity contribution in [3.8, 4) is 17.2 Å². The summed E-state index contributed by atoms with van der Waals surface area (Å²) in [5.74, 6) is 0.396. The fourth-order valence-corrected chi connectivity index (χ4v) is 5.25. The maximum absolute atomic E-state index is 13.0. The molecule has 1 aliphatic heterocycles. The van der Waals surface area contributed by atoms with Crippen LogP contribution in [-0.4, -0.2) is 38.2 Å². The fraction of sp³-hybridized carbons (Fsp3) is 0.136.